The summed E-state index contributed by atoms with van der Waals surface area (Å²) in [6.07, 6.45) is 2.83. The third-order valence-corrected chi connectivity index (χ3v) is 3.20. The van der Waals surface area contributed by atoms with Crippen molar-refractivity contribution < 1.29 is 14.3 Å². The fourth-order valence-electron chi connectivity index (χ4n) is 1.88. The first-order chi connectivity index (χ1) is 10.6. The van der Waals surface area contributed by atoms with E-state index in [0.717, 1.165) is 5.56 Å². The molecule has 22 heavy (non-hydrogen) atoms. The van der Waals surface area contributed by atoms with Crippen LogP contribution in [-0.4, -0.2) is 13.0 Å². The second-order valence-corrected chi connectivity index (χ2v) is 4.95. The van der Waals surface area contributed by atoms with Crippen molar-refractivity contribution in [1.29, 1.82) is 0 Å². The molecule has 5 heteroatoms. The SMILES string of the molecule is COc1cc(/C=C/C(N)=O)cc(Cl)c1OCc1ccccc1. The van der Waals surface area contributed by atoms with E-state index in [9.17, 15) is 4.79 Å². The van der Waals surface area contributed by atoms with Crippen LogP contribution in [0.1, 0.15) is 11.1 Å². The van der Waals surface area contributed by atoms with Gasteiger partial charge in [-0.25, -0.2) is 0 Å². The van der Waals surface area contributed by atoms with Crippen LogP contribution in [0.15, 0.2) is 48.5 Å². The van der Waals surface area contributed by atoms with Crippen LogP contribution >= 0.6 is 11.6 Å². The highest BCUT2D eigenvalue weighted by molar-refractivity contribution is 6.32. The molecule has 0 saturated heterocycles. The maximum absolute atomic E-state index is 10.8. The van der Waals surface area contributed by atoms with E-state index in [1.54, 1.807) is 18.2 Å². The summed E-state index contributed by atoms with van der Waals surface area (Å²) < 4.78 is 11.1. The molecule has 0 fully saturated rings. The van der Waals surface area contributed by atoms with E-state index < -0.39 is 5.91 Å². The van der Waals surface area contributed by atoms with Crippen molar-refractivity contribution in [2.75, 3.05) is 7.11 Å². The lowest BCUT2D eigenvalue weighted by Crippen LogP contribution is -2.05. The molecular formula is C17H16ClNO3. The van der Waals surface area contributed by atoms with E-state index in [1.807, 2.05) is 30.3 Å². The van der Waals surface area contributed by atoms with Gasteiger partial charge in [0.05, 0.1) is 12.1 Å². The zero-order valence-corrected chi connectivity index (χ0v) is 12.8. The van der Waals surface area contributed by atoms with Crippen LogP contribution in [-0.2, 0) is 11.4 Å². The van der Waals surface area contributed by atoms with Gasteiger partial charge in [-0.3, -0.25) is 4.79 Å². The number of amides is 1. The number of rotatable bonds is 6. The summed E-state index contributed by atoms with van der Waals surface area (Å²) in [5, 5.41) is 0.402. The van der Waals surface area contributed by atoms with Gasteiger partial charge in [0, 0.05) is 6.08 Å². The van der Waals surface area contributed by atoms with Gasteiger partial charge in [0.25, 0.3) is 0 Å². The Labute approximate surface area is 134 Å². The minimum Gasteiger partial charge on any atom is -0.493 e. The third kappa shape index (κ3) is 4.27. The number of hydrogen-bond donors (Lipinski definition) is 1. The quantitative estimate of drug-likeness (QED) is 0.830. The lowest BCUT2D eigenvalue weighted by Gasteiger charge is -2.13. The predicted octanol–water partition coefficient (Wildman–Crippen LogP) is 3.43. The average Bonchev–Trinajstić information content (AvgIpc) is 2.52. The highest BCUT2D eigenvalue weighted by Gasteiger charge is 2.11. The highest BCUT2D eigenvalue weighted by atomic mass is 35.5. The molecular weight excluding hydrogens is 302 g/mol. The number of primary amides is 1. The zero-order chi connectivity index (χ0) is 15.9. The van der Waals surface area contributed by atoms with Crippen LogP contribution in [0.25, 0.3) is 6.08 Å². The maximum Gasteiger partial charge on any atom is 0.241 e. The monoisotopic (exact) mass is 317 g/mol. The smallest absolute Gasteiger partial charge is 0.241 e. The zero-order valence-electron chi connectivity index (χ0n) is 12.1. The highest BCUT2D eigenvalue weighted by Crippen LogP contribution is 2.37. The van der Waals surface area contributed by atoms with Gasteiger partial charge < -0.3 is 15.2 Å². The van der Waals surface area contributed by atoms with Gasteiger partial charge in [-0.2, -0.15) is 0 Å². The predicted molar refractivity (Wildman–Crippen MR) is 87.0 cm³/mol. The maximum atomic E-state index is 10.8. The summed E-state index contributed by atoms with van der Waals surface area (Å²) in [4.78, 5) is 10.8. The molecule has 0 heterocycles. The number of halogens is 1. The van der Waals surface area contributed by atoms with Crippen molar-refractivity contribution in [3.8, 4) is 11.5 Å². The normalized spacial score (nSPS) is 10.6. The fourth-order valence-corrected chi connectivity index (χ4v) is 2.16. The first-order valence-corrected chi connectivity index (χ1v) is 6.99. The standard InChI is InChI=1S/C17H16ClNO3/c1-21-15-10-13(7-8-16(19)20)9-14(18)17(15)22-11-12-5-3-2-4-6-12/h2-10H,11H2,1H3,(H2,19,20)/b8-7+. The van der Waals surface area contributed by atoms with E-state index in [4.69, 9.17) is 26.8 Å². The summed E-state index contributed by atoms with van der Waals surface area (Å²) in [5.41, 5.74) is 6.80. The Kier molecular flexibility index (Phi) is 5.44. The van der Waals surface area contributed by atoms with E-state index in [2.05, 4.69) is 0 Å². The van der Waals surface area contributed by atoms with E-state index >= 15 is 0 Å². The van der Waals surface area contributed by atoms with Crippen LogP contribution in [0.3, 0.4) is 0 Å². The molecule has 0 aliphatic heterocycles. The van der Waals surface area contributed by atoms with Crippen molar-refractivity contribution >= 4 is 23.6 Å². The molecule has 0 aliphatic carbocycles. The minimum absolute atomic E-state index is 0.382. The van der Waals surface area contributed by atoms with Gasteiger partial charge >= 0.3 is 0 Å². The molecule has 2 rings (SSSR count). The first-order valence-electron chi connectivity index (χ1n) is 6.62. The van der Waals surface area contributed by atoms with E-state index in [0.29, 0.717) is 28.7 Å². The second kappa shape index (κ2) is 7.52. The largest absolute Gasteiger partial charge is 0.493 e. The van der Waals surface area contributed by atoms with Crippen molar-refractivity contribution in [3.05, 3.63) is 64.7 Å². The van der Waals surface area contributed by atoms with Crippen molar-refractivity contribution in [2.24, 2.45) is 5.73 Å². The molecule has 0 unspecified atom stereocenters. The number of nitrogens with two attached hydrogens (primary N) is 1. The number of carbonyl (C=O) groups excluding carboxylic acids is 1. The van der Waals surface area contributed by atoms with Crippen molar-refractivity contribution in [2.45, 2.75) is 6.61 Å². The Morgan fingerprint density at radius 1 is 1.27 bits per heavy atom. The Bertz CT molecular complexity index is 684. The summed E-state index contributed by atoms with van der Waals surface area (Å²) in [6.45, 7) is 0.382. The molecule has 0 aliphatic rings. The van der Waals surface area contributed by atoms with E-state index in [1.165, 1.54) is 13.2 Å². The van der Waals surface area contributed by atoms with Crippen molar-refractivity contribution in [1.82, 2.24) is 0 Å². The number of carbonyl (C=O) groups is 1. The molecule has 4 nitrogen and oxygen atoms in total. The van der Waals surface area contributed by atoms with Crippen LogP contribution in [0.2, 0.25) is 5.02 Å². The number of ether oxygens (including phenoxy) is 2. The lowest BCUT2D eigenvalue weighted by molar-refractivity contribution is -0.113. The Morgan fingerprint density at radius 2 is 2.00 bits per heavy atom. The summed E-state index contributed by atoms with van der Waals surface area (Å²) in [6, 6.07) is 13.2. The van der Waals surface area contributed by atoms with Crippen LogP contribution in [0.4, 0.5) is 0 Å². The molecule has 2 N–H and O–H groups in total. The van der Waals surface area contributed by atoms with Crippen LogP contribution < -0.4 is 15.2 Å². The van der Waals surface area contributed by atoms with Gasteiger partial charge in [0.2, 0.25) is 5.91 Å². The van der Waals surface area contributed by atoms with Gasteiger partial charge in [0.15, 0.2) is 11.5 Å². The molecule has 114 valence electrons. The molecule has 2 aromatic carbocycles. The van der Waals surface area contributed by atoms with Crippen LogP contribution in [0.5, 0.6) is 11.5 Å². The summed E-state index contributed by atoms with van der Waals surface area (Å²) in [5.74, 6) is 0.427. The Morgan fingerprint density at radius 3 is 2.64 bits per heavy atom. The van der Waals surface area contributed by atoms with Crippen molar-refractivity contribution in [3.63, 3.8) is 0 Å². The fraction of sp³-hybridized carbons (Fsp3) is 0.118. The van der Waals surface area contributed by atoms with Gasteiger partial charge in [-0.05, 0) is 29.3 Å². The second-order valence-electron chi connectivity index (χ2n) is 4.54. The molecule has 0 saturated carbocycles. The van der Waals surface area contributed by atoms with E-state index in [-0.39, 0.29) is 0 Å². The van der Waals surface area contributed by atoms with Gasteiger partial charge in [0.1, 0.15) is 6.61 Å². The molecule has 0 bridgehead atoms. The Hall–Kier alpha value is -2.46. The number of benzene rings is 2. The molecule has 1 amide bonds. The number of methoxy groups -OCH3 is 1. The lowest BCUT2D eigenvalue weighted by atomic mass is 10.2. The Balaban J connectivity index is 2.22. The molecule has 0 aromatic heterocycles. The molecule has 0 spiro atoms. The summed E-state index contributed by atoms with van der Waals surface area (Å²) >= 11 is 6.24. The topological polar surface area (TPSA) is 61.5 Å². The number of hydrogen-bond acceptors (Lipinski definition) is 3. The van der Waals surface area contributed by atoms with Gasteiger partial charge in [-0.15, -0.1) is 0 Å². The molecule has 2 aromatic rings. The third-order valence-electron chi connectivity index (χ3n) is 2.92. The molecule has 0 radical (unpaired) electrons. The van der Waals surface area contributed by atoms with Gasteiger partial charge in [-0.1, -0.05) is 41.9 Å². The minimum atomic E-state index is -0.528. The van der Waals surface area contributed by atoms with Crippen LogP contribution in [0, 0.1) is 0 Å². The molecule has 0 atom stereocenters. The first kappa shape index (κ1) is 15.9. The summed E-state index contributed by atoms with van der Waals surface area (Å²) in [7, 11) is 1.53. The average molecular weight is 318 g/mol.